The molecule has 0 aliphatic heterocycles. The molecule has 0 aliphatic carbocycles. The third kappa shape index (κ3) is 4.61. The monoisotopic (exact) mass is 399 g/mol. The Hall–Kier alpha value is -2.51. The molecule has 0 aliphatic rings. The summed E-state index contributed by atoms with van der Waals surface area (Å²) < 4.78 is 0. The molecule has 0 unspecified atom stereocenters. The number of rotatable bonds is 6. The number of thiophene rings is 1. The fraction of sp³-hybridized carbons (Fsp3) is 0.250. The van der Waals surface area contributed by atoms with Gasteiger partial charge in [-0.3, -0.25) is 9.59 Å². The molecule has 0 fully saturated rings. The van der Waals surface area contributed by atoms with E-state index in [1.54, 1.807) is 11.3 Å². The van der Waals surface area contributed by atoms with Gasteiger partial charge in [-0.25, -0.2) is 4.98 Å². The van der Waals surface area contributed by atoms with E-state index in [0.29, 0.717) is 11.7 Å². The van der Waals surface area contributed by atoms with Crippen molar-refractivity contribution in [3.05, 3.63) is 58.3 Å². The largest absolute Gasteiger partial charge is 0.351 e. The van der Waals surface area contributed by atoms with Crippen LogP contribution >= 0.6 is 22.7 Å². The van der Waals surface area contributed by atoms with Gasteiger partial charge in [0.05, 0.1) is 22.5 Å². The summed E-state index contributed by atoms with van der Waals surface area (Å²) >= 11 is 2.98. The summed E-state index contributed by atoms with van der Waals surface area (Å²) in [6.45, 7) is 5.82. The zero-order chi connectivity index (χ0) is 19.4. The van der Waals surface area contributed by atoms with Crippen LogP contribution in [-0.4, -0.2) is 16.8 Å². The summed E-state index contributed by atoms with van der Waals surface area (Å²) in [5.74, 6) is -0.142. The van der Waals surface area contributed by atoms with E-state index >= 15 is 0 Å². The van der Waals surface area contributed by atoms with Gasteiger partial charge >= 0.3 is 0 Å². The van der Waals surface area contributed by atoms with Crippen molar-refractivity contribution in [1.29, 1.82) is 0 Å². The SMILES string of the molecule is CC(=O)NCc1ccc(-c2csc(NC(=O)C(C)(C)c3ccccc3)n2)s1. The highest BCUT2D eigenvalue weighted by molar-refractivity contribution is 7.17. The molecule has 140 valence electrons. The van der Waals surface area contributed by atoms with Crippen LogP contribution in [0.3, 0.4) is 0 Å². The third-order valence-corrected chi connectivity index (χ3v) is 6.08. The van der Waals surface area contributed by atoms with Crippen molar-refractivity contribution in [2.75, 3.05) is 5.32 Å². The Kier molecular flexibility index (Phi) is 5.72. The smallest absolute Gasteiger partial charge is 0.236 e. The molecule has 0 bridgehead atoms. The summed E-state index contributed by atoms with van der Waals surface area (Å²) in [7, 11) is 0. The molecule has 0 spiro atoms. The molecule has 0 atom stereocenters. The van der Waals surface area contributed by atoms with Crippen molar-refractivity contribution < 1.29 is 9.59 Å². The Labute approximate surface area is 166 Å². The average Bonchev–Trinajstić information content (AvgIpc) is 3.30. The van der Waals surface area contributed by atoms with Gasteiger partial charge in [-0.05, 0) is 31.5 Å². The zero-order valence-electron chi connectivity index (χ0n) is 15.4. The Balaban J connectivity index is 1.69. The minimum absolute atomic E-state index is 0.0513. The predicted molar refractivity (Wildman–Crippen MR) is 111 cm³/mol. The van der Waals surface area contributed by atoms with Crippen molar-refractivity contribution in [1.82, 2.24) is 10.3 Å². The fourth-order valence-electron chi connectivity index (χ4n) is 2.51. The summed E-state index contributed by atoms with van der Waals surface area (Å²) in [5, 5.41) is 8.23. The molecule has 7 heteroatoms. The van der Waals surface area contributed by atoms with E-state index in [4.69, 9.17) is 0 Å². The Morgan fingerprint density at radius 1 is 1.11 bits per heavy atom. The van der Waals surface area contributed by atoms with E-state index in [9.17, 15) is 9.59 Å². The van der Waals surface area contributed by atoms with E-state index in [2.05, 4.69) is 15.6 Å². The first-order chi connectivity index (χ1) is 12.9. The van der Waals surface area contributed by atoms with Crippen molar-refractivity contribution in [3.63, 3.8) is 0 Å². The quantitative estimate of drug-likeness (QED) is 0.644. The highest BCUT2D eigenvalue weighted by atomic mass is 32.1. The van der Waals surface area contributed by atoms with Crippen LogP contribution in [0.5, 0.6) is 0 Å². The second-order valence-corrected chi connectivity index (χ2v) is 8.69. The molecule has 2 N–H and O–H groups in total. The summed E-state index contributed by atoms with van der Waals surface area (Å²) in [6.07, 6.45) is 0. The number of benzene rings is 1. The highest BCUT2D eigenvalue weighted by Crippen LogP contribution is 2.32. The first-order valence-electron chi connectivity index (χ1n) is 8.52. The van der Waals surface area contributed by atoms with Crippen LogP contribution in [0.25, 0.3) is 10.6 Å². The molecule has 0 radical (unpaired) electrons. The first kappa shape index (κ1) is 19.3. The van der Waals surface area contributed by atoms with Crippen LogP contribution in [0.1, 0.15) is 31.2 Å². The lowest BCUT2D eigenvalue weighted by atomic mass is 9.84. The van der Waals surface area contributed by atoms with Gasteiger partial charge in [0.2, 0.25) is 11.8 Å². The molecule has 5 nitrogen and oxygen atoms in total. The van der Waals surface area contributed by atoms with Gasteiger partial charge in [-0.15, -0.1) is 22.7 Å². The predicted octanol–water partition coefficient (Wildman–Crippen LogP) is 4.42. The minimum Gasteiger partial charge on any atom is -0.351 e. The number of nitrogens with one attached hydrogen (secondary N) is 2. The zero-order valence-corrected chi connectivity index (χ0v) is 17.0. The number of nitrogens with zero attached hydrogens (tertiary/aromatic N) is 1. The number of thiazole rings is 1. The molecule has 2 amide bonds. The number of amides is 2. The van der Waals surface area contributed by atoms with Gasteiger partial charge < -0.3 is 10.6 Å². The maximum Gasteiger partial charge on any atom is 0.236 e. The van der Waals surface area contributed by atoms with E-state index < -0.39 is 5.41 Å². The molecule has 0 saturated heterocycles. The number of hydrogen-bond acceptors (Lipinski definition) is 5. The first-order valence-corrected chi connectivity index (χ1v) is 10.2. The standard InChI is InChI=1S/C20H21N3O2S2/c1-13(24)21-11-15-9-10-17(27-15)16-12-26-19(22-16)23-18(25)20(2,3)14-7-5-4-6-8-14/h4-10,12H,11H2,1-3H3,(H,21,24)(H,22,23,25). The lowest BCUT2D eigenvalue weighted by molar-refractivity contribution is -0.120. The molecule has 27 heavy (non-hydrogen) atoms. The summed E-state index contributed by atoms with van der Waals surface area (Å²) in [4.78, 5) is 30.4. The second kappa shape index (κ2) is 8.02. The van der Waals surface area contributed by atoms with Crippen LogP contribution in [0.4, 0.5) is 5.13 Å². The van der Waals surface area contributed by atoms with E-state index in [-0.39, 0.29) is 11.8 Å². The van der Waals surface area contributed by atoms with Gasteiger partial charge in [-0.2, -0.15) is 0 Å². The Morgan fingerprint density at radius 2 is 1.85 bits per heavy atom. The van der Waals surface area contributed by atoms with Crippen LogP contribution in [0, 0.1) is 0 Å². The third-order valence-electron chi connectivity index (χ3n) is 4.21. The Bertz CT molecular complexity index is 945. The molecular formula is C20H21N3O2S2. The lowest BCUT2D eigenvalue weighted by Gasteiger charge is -2.23. The maximum atomic E-state index is 12.8. The second-order valence-electron chi connectivity index (χ2n) is 6.66. The average molecular weight is 400 g/mol. The highest BCUT2D eigenvalue weighted by Gasteiger charge is 2.30. The normalized spacial score (nSPS) is 11.2. The topological polar surface area (TPSA) is 71.1 Å². The molecule has 2 heterocycles. The number of anilines is 1. The molecular weight excluding hydrogens is 378 g/mol. The lowest BCUT2D eigenvalue weighted by Crippen LogP contribution is -2.34. The molecule has 0 saturated carbocycles. The van der Waals surface area contributed by atoms with Crippen molar-refractivity contribution in [2.24, 2.45) is 0 Å². The van der Waals surface area contributed by atoms with Crippen LogP contribution in [-0.2, 0) is 21.5 Å². The minimum atomic E-state index is -0.651. The molecule has 3 rings (SSSR count). The number of carbonyl (C=O) groups excluding carboxylic acids is 2. The maximum absolute atomic E-state index is 12.8. The van der Waals surface area contributed by atoms with E-state index in [1.807, 2.05) is 61.7 Å². The number of carbonyl (C=O) groups is 2. The van der Waals surface area contributed by atoms with Gasteiger partial charge in [0.25, 0.3) is 0 Å². The Morgan fingerprint density at radius 3 is 2.56 bits per heavy atom. The van der Waals surface area contributed by atoms with Gasteiger partial charge in [-0.1, -0.05) is 30.3 Å². The number of hydrogen-bond donors (Lipinski definition) is 2. The molecule has 3 aromatic rings. The van der Waals surface area contributed by atoms with E-state index in [0.717, 1.165) is 21.0 Å². The molecule has 1 aromatic carbocycles. The summed E-state index contributed by atoms with van der Waals surface area (Å²) in [6, 6.07) is 13.7. The van der Waals surface area contributed by atoms with Crippen molar-refractivity contribution in [3.8, 4) is 10.6 Å². The van der Waals surface area contributed by atoms with Gasteiger partial charge in [0.15, 0.2) is 5.13 Å². The van der Waals surface area contributed by atoms with Crippen LogP contribution in [0.15, 0.2) is 47.8 Å². The van der Waals surface area contributed by atoms with Crippen LogP contribution < -0.4 is 10.6 Å². The van der Waals surface area contributed by atoms with Crippen LogP contribution in [0.2, 0.25) is 0 Å². The summed E-state index contributed by atoms with van der Waals surface area (Å²) in [5.41, 5.74) is 1.13. The van der Waals surface area contributed by atoms with Gasteiger partial charge in [0, 0.05) is 17.2 Å². The number of aromatic nitrogens is 1. The fourth-order valence-corrected chi connectivity index (χ4v) is 4.19. The van der Waals surface area contributed by atoms with E-state index in [1.165, 1.54) is 18.3 Å². The van der Waals surface area contributed by atoms with Gasteiger partial charge in [0.1, 0.15) is 0 Å². The van der Waals surface area contributed by atoms with Crippen molar-refractivity contribution >= 4 is 39.6 Å². The molecule has 2 aromatic heterocycles. The van der Waals surface area contributed by atoms with Crippen molar-refractivity contribution in [2.45, 2.75) is 32.7 Å².